The first-order valence-electron chi connectivity index (χ1n) is 6.21. The average Bonchev–Trinajstić information content (AvgIpc) is 2.50. The minimum Gasteiger partial charge on any atom is -0.355 e. The standard InChI is InChI=1S/C15H13FN2O3/c1-17-14(20)13-6-11(9-19)8-18(15(13)21)7-10-2-4-12(16)5-3-10/h2-6,8-9H,7H2,1H3,(H,17,20). The van der Waals surface area contributed by atoms with Gasteiger partial charge in [0.2, 0.25) is 0 Å². The van der Waals surface area contributed by atoms with E-state index >= 15 is 0 Å². The van der Waals surface area contributed by atoms with Gasteiger partial charge in [0.25, 0.3) is 11.5 Å². The van der Waals surface area contributed by atoms with Gasteiger partial charge in [0.1, 0.15) is 11.4 Å². The number of benzene rings is 1. The molecular weight excluding hydrogens is 275 g/mol. The van der Waals surface area contributed by atoms with E-state index < -0.39 is 11.5 Å². The number of amides is 1. The van der Waals surface area contributed by atoms with Crippen LogP contribution in [0.15, 0.2) is 41.3 Å². The van der Waals surface area contributed by atoms with Gasteiger partial charge in [0, 0.05) is 18.8 Å². The van der Waals surface area contributed by atoms with E-state index in [1.807, 2.05) is 0 Å². The van der Waals surface area contributed by atoms with E-state index in [2.05, 4.69) is 5.32 Å². The molecule has 6 heteroatoms. The summed E-state index contributed by atoms with van der Waals surface area (Å²) < 4.78 is 14.1. The Morgan fingerprint density at radius 1 is 1.33 bits per heavy atom. The Morgan fingerprint density at radius 3 is 2.57 bits per heavy atom. The van der Waals surface area contributed by atoms with Crippen LogP contribution < -0.4 is 10.9 Å². The Morgan fingerprint density at radius 2 is 2.00 bits per heavy atom. The van der Waals surface area contributed by atoms with Gasteiger partial charge < -0.3 is 9.88 Å². The maximum absolute atomic E-state index is 12.9. The second kappa shape index (κ2) is 6.13. The quantitative estimate of drug-likeness (QED) is 0.860. The maximum atomic E-state index is 12.9. The second-order valence-corrected chi connectivity index (χ2v) is 4.44. The van der Waals surface area contributed by atoms with E-state index in [4.69, 9.17) is 0 Å². The van der Waals surface area contributed by atoms with Gasteiger partial charge in [-0.2, -0.15) is 0 Å². The highest BCUT2D eigenvalue weighted by atomic mass is 19.1. The molecule has 0 unspecified atom stereocenters. The van der Waals surface area contributed by atoms with Crippen LogP contribution in [-0.4, -0.2) is 23.8 Å². The van der Waals surface area contributed by atoms with Crippen molar-refractivity contribution in [2.24, 2.45) is 0 Å². The normalized spacial score (nSPS) is 10.2. The van der Waals surface area contributed by atoms with Gasteiger partial charge in [-0.25, -0.2) is 4.39 Å². The molecule has 1 heterocycles. The highest BCUT2D eigenvalue weighted by Crippen LogP contribution is 2.06. The number of hydrogen-bond acceptors (Lipinski definition) is 3. The Labute approximate surface area is 120 Å². The van der Waals surface area contributed by atoms with Gasteiger partial charge in [-0.05, 0) is 23.8 Å². The van der Waals surface area contributed by atoms with Gasteiger partial charge in [-0.3, -0.25) is 14.4 Å². The third kappa shape index (κ3) is 3.22. The zero-order chi connectivity index (χ0) is 15.4. The summed E-state index contributed by atoms with van der Waals surface area (Å²) in [5.41, 5.74) is 0.285. The predicted molar refractivity (Wildman–Crippen MR) is 75.0 cm³/mol. The van der Waals surface area contributed by atoms with Gasteiger partial charge in [-0.1, -0.05) is 12.1 Å². The average molecular weight is 288 g/mol. The van der Waals surface area contributed by atoms with Crippen LogP contribution >= 0.6 is 0 Å². The Bertz CT molecular complexity index is 736. The van der Waals surface area contributed by atoms with E-state index in [9.17, 15) is 18.8 Å². The first-order valence-corrected chi connectivity index (χ1v) is 6.21. The molecule has 0 radical (unpaired) electrons. The molecule has 0 fully saturated rings. The van der Waals surface area contributed by atoms with E-state index in [1.165, 1.54) is 48.1 Å². The number of nitrogens with zero attached hydrogens (tertiary/aromatic N) is 1. The van der Waals surface area contributed by atoms with Crippen molar-refractivity contribution in [1.82, 2.24) is 9.88 Å². The Balaban J connectivity index is 2.47. The van der Waals surface area contributed by atoms with Crippen LogP contribution in [0.3, 0.4) is 0 Å². The highest BCUT2D eigenvalue weighted by molar-refractivity contribution is 5.95. The second-order valence-electron chi connectivity index (χ2n) is 4.44. The van der Waals surface area contributed by atoms with E-state index in [-0.39, 0.29) is 23.5 Å². The van der Waals surface area contributed by atoms with Gasteiger partial charge in [-0.15, -0.1) is 0 Å². The number of hydrogen-bond donors (Lipinski definition) is 1. The summed E-state index contributed by atoms with van der Waals surface area (Å²) in [5.74, 6) is -0.935. The van der Waals surface area contributed by atoms with E-state index in [0.717, 1.165) is 0 Å². The largest absolute Gasteiger partial charge is 0.355 e. The molecule has 108 valence electrons. The zero-order valence-corrected chi connectivity index (χ0v) is 11.3. The molecule has 1 aromatic carbocycles. The minimum absolute atomic E-state index is 0.107. The molecule has 2 aromatic rings. The van der Waals surface area contributed by atoms with Crippen molar-refractivity contribution in [2.75, 3.05) is 7.05 Å². The van der Waals surface area contributed by atoms with Crippen LogP contribution in [0.2, 0.25) is 0 Å². The van der Waals surface area contributed by atoms with Crippen molar-refractivity contribution in [2.45, 2.75) is 6.54 Å². The number of aromatic nitrogens is 1. The number of aldehydes is 1. The molecule has 0 aliphatic carbocycles. The van der Waals surface area contributed by atoms with Crippen LogP contribution in [0, 0.1) is 5.82 Å². The first kappa shape index (κ1) is 14.6. The third-order valence-corrected chi connectivity index (χ3v) is 2.98. The van der Waals surface area contributed by atoms with E-state index in [0.29, 0.717) is 11.8 Å². The van der Waals surface area contributed by atoms with Crippen molar-refractivity contribution in [3.8, 4) is 0 Å². The van der Waals surface area contributed by atoms with Crippen LogP contribution in [0.25, 0.3) is 0 Å². The zero-order valence-electron chi connectivity index (χ0n) is 11.3. The van der Waals surface area contributed by atoms with Crippen molar-refractivity contribution in [3.63, 3.8) is 0 Å². The minimum atomic E-state index is -0.559. The molecule has 0 atom stereocenters. The lowest BCUT2D eigenvalue weighted by molar-refractivity contribution is 0.0961. The highest BCUT2D eigenvalue weighted by Gasteiger charge is 2.13. The number of nitrogens with one attached hydrogen (secondary N) is 1. The monoisotopic (exact) mass is 288 g/mol. The molecule has 1 aromatic heterocycles. The molecule has 2 rings (SSSR count). The van der Waals surface area contributed by atoms with Crippen molar-refractivity contribution >= 4 is 12.2 Å². The van der Waals surface area contributed by atoms with Crippen LogP contribution in [0.1, 0.15) is 26.3 Å². The molecule has 1 N–H and O–H groups in total. The van der Waals surface area contributed by atoms with Crippen LogP contribution in [-0.2, 0) is 6.54 Å². The van der Waals surface area contributed by atoms with Crippen molar-refractivity contribution < 1.29 is 14.0 Å². The molecule has 1 amide bonds. The topological polar surface area (TPSA) is 68.2 Å². The molecule has 0 saturated carbocycles. The molecule has 0 aliphatic rings. The number of carbonyl (C=O) groups is 2. The van der Waals surface area contributed by atoms with Crippen LogP contribution in [0.5, 0.6) is 0 Å². The Hall–Kier alpha value is -2.76. The lowest BCUT2D eigenvalue weighted by Crippen LogP contribution is -2.31. The van der Waals surface area contributed by atoms with Gasteiger partial charge in [0.05, 0.1) is 6.54 Å². The summed E-state index contributed by atoms with van der Waals surface area (Å²) >= 11 is 0. The molecule has 21 heavy (non-hydrogen) atoms. The fourth-order valence-electron chi connectivity index (χ4n) is 1.92. The fraction of sp³-hybridized carbons (Fsp3) is 0.133. The lowest BCUT2D eigenvalue weighted by Gasteiger charge is -2.09. The molecular formula is C15H13FN2O3. The van der Waals surface area contributed by atoms with Gasteiger partial charge in [0.15, 0.2) is 6.29 Å². The molecule has 0 spiro atoms. The molecule has 0 saturated heterocycles. The van der Waals surface area contributed by atoms with Crippen molar-refractivity contribution in [1.29, 1.82) is 0 Å². The van der Waals surface area contributed by atoms with Gasteiger partial charge >= 0.3 is 0 Å². The fourth-order valence-corrected chi connectivity index (χ4v) is 1.92. The summed E-state index contributed by atoms with van der Waals surface area (Å²) in [7, 11) is 1.40. The number of carbonyl (C=O) groups excluding carboxylic acids is 2. The number of halogens is 1. The van der Waals surface area contributed by atoms with E-state index in [1.54, 1.807) is 0 Å². The molecule has 0 bridgehead atoms. The summed E-state index contributed by atoms with van der Waals surface area (Å²) in [4.78, 5) is 34.8. The SMILES string of the molecule is CNC(=O)c1cc(C=O)cn(Cc2ccc(F)cc2)c1=O. The molecule has 0 aliphatic heterocycles. The lowest BCUT2D eigenvalue weighted by atomic mass is 10.1. The maximum Gasteiger partial charge on any atom is 0.263 e. The third-order valence-electron chi connectivity index (χ3n) is 2.98. The summed E-state index contributed by atoms with van der Waals surface area (Å²) in [6.07, 6.45) is 1.93. The summed E-state index contributed by atoms with van der Waals surface area (Å²) in [6.45, 7) is 0.144. The smallest absolute Gasteiger partial charge is 0.263 e. The van der Waals surface area contributed by atoms with Crippen LogP contribution in [0.4, 0.5) is 4.39 Å². The summed E-state index contributed by atoms with van der Waals surface area (Å²) in [5, 5.41) is 2.35. The number of pyridine rings is 1. The first-order chi connectivity index (χ1) is 10.0. The Kier molecular flexibility index (Phi) is 4.27. The summed E-state index contributed by atoms with van der Waals surface area (Å²) in [6, 6.07) is 6.88. The molecule has 5 nitrogen and oxygen atoms in total. The number of rotatable bonds is 4. The predicted octanol–water partition coefficient (Wildman–Crippen LogP) is 1.21. The van der Waals surface area contributed by atoms with Crippen molar-refractivity contribution in [3.05, 3.63) is 69.4 Å².